The maximum absolute atomic E-state index is 13.1. The first-order chi connectivity index (χ1) is 13.6. The van der Waals surface area contributed by atoms with Gasteiger partial charge in [-0.25, -0.2) is 19.7 Å². The first-order valence-electron chi connectivity index (χ1n) is 9.04. The Labute approximate surface area is 160 Å². The van der Waals surface area contributed by atoms with E-state index in [1.807, 2.05) is 13.0 Å². The summed E-state index contributed by atoms with van der Waals surface area (Å²) in [6.45, 7) is 3.01. The number of nitriles is 1. The second-order valence-electron chi connectivity index (χ2n) is 6.69. The molecule has 144 valence electrons. The van der Waals surface area contributed by atoms with Crippen LogP contribution in [0.15, 0.2) is 29.5 Å². The smallest absolute Gasteiger partial charge is 0.335 e. The minimum absolute atomic E-state index is 0.0975. The van der Waals surface area contributed by atoms with Crippen molar-refractivity contribution in [1.29, 1.82) is 5.26 Å². The number of anilines is 2. The predicted octanol–water partition coefficient (Wildman–Crippen LogP) is 1.26. The number of aromatic nitrogens is 5. The van der Waals surface area contributed by atoms with Crippen molar-refractivity contribution in [3.05, 3.63) is 46.5 Å². The minimum Gasteiger partial charge on any atom is -0.382 e. The van der Waals surface area contributed by atoms with Crippen LogP contribution in [0, 0.1) is 11.3 Å². The molecule has 4 rings (SSSR count). The van der Waals surface area contributed by atoms with Gasteiger partial charge in [-0.05, 0) is 31.9 Å². The van der Waals surface area contributed by atoms with Crippen LogP contribution in [0.2, 0.25) is 0 Å². The molecule has 3 N–H and O–H groups in total. The van der Waals surface area contributed by atoms with Crippen LogP contribution in [0.5, 0.6) is 0 Å². The van der Waals surface area contributed by atoms with Gasteiger partial charge in [0.05, 0.1) is 18.7 Å². The van der Waals surface area contributed by atoms with Gasteiger partial charge in [0.25, 0.3) is 0 Å². The summed E-state index contributed by atoms with van der Waals surface area (Å²) in [7, 11) is 0. The molecule has 1 aliphatic heterocycles. The van der Waals surface area contributed by atoms with Gasteiger partial charge in [0, 0.05) is 12.8 Å². The SMILES string of the molecule is C[C@H](Nc1ncnc(N)c1C#N)c1nc2cccn2c(=O)n1C1CCCOC1. The number of ether oxygens (including phenoxy) is 1. The number of rotatable bonds is 4. The zero-order chi connectivity index (χ0) is 19.7. The van der Waals surface area contributed by atoms with E-state index < -0.39 is 6.04 Å². The quantitative estimate of drug-likeness (QED) is 0.690. The molecular weight excluding hydrogens is 360 g/mol. The number of fused-ring (bicyclic) bond motifs is 1. The number of hydrogen-bond donors (Lipinski definition) is 2. The Bertz CT molecular complexity index is 1110. The summed E-state index contributed by atoms with van der Waals surface area (Å²) in [5.41, 5.74) is 6.32. The van der Waals surface area contributed by atoms with E-state index in [0.717, 1.165) is 12.8 Å². The fraction of sp³-hybridized carbons (Fsp3) is 0.389. The van der Waals surface area contributed by atoms with Gasteiger partial charge in [0.15, 0.2) is 0 Å². The van der Waals surface area contributed by atoms with Gasteiger partial charge in [0.2, 0.25) is 0 Å². The van der Waals surface area contributed by atoms with Crippen molar-refractivity contribution in [2.45, 2.75) is 31.8 Å². The van der Waals surface area contributed by atoms with Crippen molar-refractivity contribution in [3.63, 3.8) is 0 Å². The molecule has 1 fully saturated rings. The molecule has 28 heavy (non-hydrogen) atoms. The molecule has 0 bridgehead atoms. The zero-order valence-corrected chi connectivity index (χ0v) is 15.4. The third-order valence-electron chi connectivity index (χ3n) is 4.85. The molecule has 3 aromatic heterocycles. The molecule has 0 saturated carbocycles. The summed E-state index contributed by atoms with van der Waals surface area (Å²) in [5.74, 6) is 0.950. The number of nitrogen functional groups attached to an aromatic ring is 1. The predicted molar refractivity (Wildman–Crippen MR) is 102 cm³/mol. The second-order valence-corrected chi connectivity index (χ2v) is 6.69. The van der Waals surface area contributed by atoms with Gasteiger partial charge in [-0.3, -0.25) is 8.97 Å². The minimum atomic E-state index is -0.407. The molecule has 0 aromatic carbocycles. The van der Waals surface area contributed by atoms with E-state index in [2.05, 4.69) is 15.3 Å². The lowest BCUT2D eigenvalue weighted by Gasteiger charge is -2.28. The number of nitrogens with one attached hydrogen (secondary N) is 1. The summed E-state index contributed by atoms with van der Waals surface area (Å²) in [5, 5.41) is 12.5. The molecule has 1 unspecified atom stereocenters. The summed E-state index contributed by atoms with van der Waals surface area (Å²) in [6, 6.07) is 5.06. The fourth-order valence-corrected chi connectivity index (χ4v) is 3.47. The van der Waals surface area contributed by atoms with E-state index in [9.17, 15) is 10.1 Å². The average molecular weight is 380 g/mol. The van der Waals surface area contributed by atoms with Gasteiger partial charge in [-0.1, -0.05) is 0 Å². The number of nitrogens with zero attached hydrogens (tertiary/aromatic N) is 6. The van der Waals surface area contributed by atoms with Crippen LogP contribution in [0.25, 0.3) is 5.65 Å². The van der Waals surface area contributed by atoms with Crippen LogP contribution in [-0.2, 0) is 4.74 Å². The highest BCUT2D eigenvalue weighted by molar-refractivity contribution is 5.62. The molecule has 0 aliphatic carbocycles. The van der Waals surface area contributed by atoms with E-state index in [1.165, 1.54) is 10.7 Å². The van der Waals surface area contributed by atoms with Crippen molar-refractivity contribution < 1.29 is 4.74 Å². The van der Waals surface area contributed by atoms with Crippen LogP contribution < -0.4 is 16.7 Å². The molecule has 10 heteroatoms. The molecule has 0 radical (unpaired) electrons. The molecule has 10 nitrogen and oxygen atoms in total. The third-order valence-corrected chi connectivity index (χ3v) is 4.85. The van der Waals surface area contributed by atoms with Gasteiger partial charge in [0.1, 0.15) is 41.1 Å². The summed E-state index contributed by atoms with van der Waals surface area (Å²) < 4.78 is 8.80. The summed E-state index contributed by atoms with van der Waals surface area (Å²) in [6.07, 6.45) is 4.70. The Balaban J connectivity index is 1.80. The lowest BCUT2D eigenvalue weighted by atomic mass is 10.1. The largest absolute Gasteiger partial charge is 0.382 e. The highest BCUT2D eigenvalue weighted by Gasteiger charge is 2.25. The lowest BCUT2D eigenvalue weighted by molar-refractivity contribution is 0.0556. The van der Waals surface area contributed by atoms with E-state index in [0.29, 0.717) is 30.5 Å². The zero-order valence-electron chi connectivity index (χ0n) is 15.4. The van der Waals surface area contributed by atoms with Crippen LogP contribution in [0.3, 0.4) is 0 Å². The summed E-state index contributed by atoms with van der Waals surface area (Å²) >= 11 is 0. The molecule has 0 spiro atoms. The molecule has 1 aliphatic rings. The van der Waals surface area contributed by atoms with Crippen LogP contribution in [-0.4, -0.2) is 37.1 Å². The molecule has 0 amide bonds. The average Bonchev–Trinajstić information content (AvgIpc) is 3.18. The lowest BCUT2D eigenvalue weighted by Crippen LogP contribution is -2.38. The number of nitrogens with two attached hydrogens (primary N) is 1. The van der Waals surface area contributed by atoms with Crippen LogP contribution in [0.4, 0.5) is 11.6 Å². The van der Waals surface area contributed by atoms with Crippen molar-refractivity contribution >= 4 is 17.3 Å². The van der Waals surface area contributed by atoms with Gasteiger partial charge in [-0.2, -0.15) is 5.26 Å². The molecular formula is C18H20N8O2. The van der Waals surface area contributed by atoms with Gasteiger partial charge < -0.3 is 15.8 Å². The van der Waals surface area contributed by atoms with E-state index in [-0.39, 0.29) is 23.1 Å². The van der Waals surface area contributed by atoms with Crippen LogP contribution >= 0.6 is 0 Å². The monoisotopic (exact) mass is 380 g/mol. The van der Waals surface area contributed by atoms with E-state index >= 15 is 0 Å². The van der Waals surface area contributed by atoms with Crippen LogP contribution in [0.1, 0.15) is 43.2 Å². The molecule has 2 atom stereocenters. The van der Waals surface area contributed by atoms with E-state index in [4.69, 9.17) is 15.5 Å². The standard InChI is InChI=1S/C18H20N8O2/c1-11(23-16-13(8-19)15(20)21-10-22-16)17-24-14-5-2-6-25(14)18(27)26(17)12-4-3-7-28-9-12/h2,5-6,10-12H,3-4,7,9H2,1H3,(H3,20,21,22,23)/t11-,12?/m0/s1. The topological polar surface area (TPSA) is 136 Å². The van der Waals surface area contributed by atoms with E-state index in [1.54, 1.807) is 22.9 Å². The maximum atomic E-state index is 13.1. The van der Waals surface area contributed by atoms with Crippen molar-refractivity contribution in [2.24, 2.45) is 0 Å². The first-order valence-corrected chi connectivity index (χ1v) is 9.04. The third kappa shape index (κ3) is 3.05. The van der Waals surface area contributed by atoms with Gasteiger partial charge in [-0.15, -0.1) is 0 Å². The van der Waals surface area contributed by atoms with Crippen molar-refractivity contribution in [1.82, 2.24) is 23.9 Å². The Morgan fingerprint density at radius 1 is 1.46 bits per heavy atom. The molecule has 1 saturated heterocycles. The highest BCUT2D eigenvalue weighted by atomic mass is 16.5. The Kier molecular flexibility index (Phi) is 4.67. The Hall–Kier alpha value is -3.45. The highest BCUT2D eigenvalue weighted by Crippen LogP contribution is 2.25. The molecule has 3 aromatic rings. The molecule has 4 heterocycles. The number of hydrogen-bond acceptors (Lipinski definition) is 8. The normalized spacial score (nSPS) is 17.9. The van der Waals surface area contributed by atoms with Crippen molar-refractivity contribution in [3.8, 4) is 6.07 Å². The fourth-order valence-electron chi connectivity index (χ4n) is 3.47. The second kappa shape index (κ2) is 7.28. The first kappa shape index (κ1) is 17.9. The maximum Gasteiger partial charge on any atom is 0.335 e. The Morgan fingerprint density at radius 3 is 3.07 bits per heavy atom. The van der Waals surface area contributed by atoms with Gasteiger partial charge >= 0.3 is 5.69 Å². The summed E-state index contributed by atoms with van der Waals surface area (Å²) in [4.78, 5) is 25.8. The Morgan fingerprint density at radius 2 is 2.32 bits per heavy atom. The van der Waals surface area contributed by atoms with Crippen molar-refractivity contribution in [2.75, 3.05) is 24.3 Å².